The van der Waals surface area contributed by atoms with Gasteiger partial charge in [-0.2, -0.15) is 4.98 Å². The van der Waals surface area contributed by atoms with E-state index in [2.05, 4.69) is 21.3 Å². The van der Waals surface area contributed by atoms with Gasteiger partial charge in [0.2, 0.25) is 5.91 Å². The molecule has 0 bridgehead atoms. The fraction of sp³-hybridized carbons (Fsp3) is 0.519. The van der Waals surface area contributed by atoms with Gasteiger partial charge in [0.05, 0.1) is 4.70 Å². The van der Waals surface area contributed by atoms with Crippen LogP contribution in [-0.4, -0.2) is 46.5 Å². The van der Waals surface area contributed by atoms with Gasteiger partial charge < -0.3 is 10.2 Å². The van der Waals surface area contributed by atoms with Crippen LogP contribution in [0, 0.1) is 0 Å². The third kappa shape index (κ3) is 4.56. The van der Waals surface area contributed by atoms with E-state index in [1.807, 2.05) is 30.3 Å². The second-order valence-corrected chi connectivity index (χ2v) is 11.0. The third-order valence-corrected chi connectivity index (χ3v) is 8.59. The Balaban J connectivity index is 1.23. The number of benzene rings is 1. The molecule has 1 atom stereocenters. The van der Waals surface area contributed by atoms with Crippen molar-refractivity contribution >= 4 is 32.7 Å². The molecule has 0 spiro atoms. The van der Waals surface area contributed by atoms with Crippen LogP contribution in [0.25, 0.3) is 10.3 Å². The van der Waals surface area contributed by atoms with Gasteiger partial charge in [-0.1, -0.05) is 48.1 Å². The largest absolute Gasteiger partial charge is 0.350 e. The lowest BCUT2D eigenvalue weighted by atomic mass is 10.0. The van der Waals surface area contributed by atoms with Gasteiger partial charge >= 0.3 is 0 Å². The van der Waals surface area contributed by atoms with E-state index in [-0.39, 0.29) is 11.9 Å². The first-order valence-corrected chi connectivity index (χ1v) is 13.7. The van der Waals surface area contributed by atoms with Crippen molar-refractivity contribution in [3.8, 4) is 0 Å². The summed E-state index contributed by atoms with van der Waals surface area (Å²) in [7, 11) is 0. The first-order valence-electron chi connectivity index (χ1n) is 12.9. The van der Waals surface area contributed by atoms with Crippen molar-refractivity contribution in [2.75, 3.05) is 24.5 Å². The maximum absolute atomic E-state index is 13.1. The zero-order valence-electron chi connectivity index (χ0n) is 19.7. The molecule has 0 radical (unpaired) electrons. The van der Waals surface area contributed by atoms with Crippen LogP contribution in [0.5, 0.6) is 0 Å². The number of nitrogens with zero attached hydrogens (tertiary/aromatic N) is 4. The Kier molecular flexibility index (Phi) is 6.22. The summed E-state index contributed by atoms with van der Waals surface area (Å²) in [5.41, 5.74) is 4.87. The molecule has 34 heavy (non-hydrogen) atoms. The highest BCUT2D eigenvalue weighted by molar-refractivity contribution is 7.22. The lowest BCUT2D eigenvalue weighted by molar-refractivity contribution is -0.122. The molecule has 2 saturated heterocycles. The molecule has 1 saturated carbocycles. The molecule has 4 heterocycles. The molecule has 1 unspecified atom stereocenters. The van der Waals surface area contributed by atoms with Gasteiger partial charge in [0, 0.05) is 25.8 Å². The summed E-state index contributed by atoms with van der Waals surface area (Å²) in [6, 6.07) is 9.96. The number of aromatic nitrogens is 2. The summed E-state index contributed by atoms with van der Waals surface area (Å²) >= 11 is 1.76. The number of amides is 1. The van der Waals surface area contributed by atoms with E-state index >= 15 is 0 Å². The van der Waals surface area contributed by atoms with Crippen LogP contribution in [0.1, 0.15) is 67.6 Å². The smallest absolute Gasteiger partial charge is 0.243 e. The number of rotatable bonds is 7. The van der Waals surface area contributed by atoms with E-state index in [9.17, 15) is 4.79 Å². The highest BCUT2D eigenvalue weighted by atomic mass is 32.1. The Morgan fingerprint density at radius 1 is 1.03 bits per heavy atom. The highest BCUT2D eigenvalue weighted by Crippen LogP contribution is 2.47. The standard InChI is InChI=1S/C27H33N5OS/c33-26(29-16-19-8-3-1-4-9-19)22-10-7-15-32(22)27-30-25-24(34-27)23(20-11-12-20)21(17-28-25)18-31-13-5-2-6-14-31/h1,3-4,8-9,17,20,22H,2,5-7,10-16,18H2,(H,29,33). The lowest BCUT2D eigenvalue weighted by Crippen LogP contribution is -2.43. The van der Waals surface area contributed by atoms with E-state index in [1.165, 1.54) is 61.0 Å². The van der Waals surface area contributed by atoms with Gasteiger partial charge in [-0.15, -0.1) is 0 Å². The molecular weight excluding hydrogens is 442 g/mol. The molecule has 1 N–H and O–H groups in total. The summed E-state index contributed by atoms with van der Waals surface area (Å²) in [6.45, 7) is 4.85. The zero-order chi connectivity index (χ0) is 22.9. The number of anilines is 1. The molecule has 1 amide bonds. The summed E-state index contributed by atoms with van der Waals surface area (Å²) in [6.07, 6.45) is 10.5. The lowest BCUT2D eigenvalue weighted by Gasteiger charge is -2.27. The molecule has 1 aromatic carbocycles. The van der Waals surface area contributed by atoms with E-state index in [0.717, 1.165) is 42.3 Å². The zero-order valence-corrected chi connectivity index (χ0v) is 20.5. The van der Waals surface area contributed by atoms with Crippen molar-refractivity contribution in [1.29, 1.82) is 0 Å². The Hall–Kier alpha value is -2.51. The van der Waals surface area contributed by atoms with E-state index in [0.29, 0.717) is 12.5 Å². The minimum Gasteiger partial charge on any atom is -0.350 e. The van der Waals surface area contributed by atoms with Crippen molar-refractivity contribution in [3.63, 3.8) is 0 Å². The van der Waals surface area contributed by atoms with Crippen LogP contribution < -0.4 is 10.2 Å². The van der Waals surface area contributed by atoms with Crippen molar-refractivity contribution in [2.45, 2.75) is 70.0 Å². The number of nitrogens with one attached hydrogen (secondary N) is 1. The predicted octanol–water partition coefficient (Wildman–Crippen LogP) is 4.84. The fourth-order valence-electron chi connectivity index (χ4n) is 5.52. The van der Waals surface area contributed by atoms with Crippen molar-refractivity contribution < 1.29 is 4.79 Å². The molecule has 178 valence electrons. The van der Waals surface area contributed by atoms with Crippen LogP contribution >= 0.6 is 11.3 Å². The van der Waals surface area contributed by atoms with Gasteiger partial charge in [-0.25, -0.2) is 4.98 Å². The van der Waals surface area contributed by atoms with E-state index in [4.69, 9.17) is 9.97 Å². The second-order valence-electron chi connectivity index (χ2n) is 10.0. The number of likely N-dealkylation sites (tertiary alicyclic amines) is 1. The van der Waals surface area contributed by atoms with E-state index < -0.39 is 0 Å². The Morgan fingerprint density at radius 2 is 1.85 bits per heavy atom. The third-order valence-electron chi connectivity index (χ3n) is 7.47. The molecule has 6 nitrogen and oxygen atoms in total. The number of carbonyl (C=O) groups is 1. The Labute approximate surface area is 205 Å². The van der Waals surface area contributed by atoms with Gasteiger partial charge in [-0.05, 0) is 74.2 Å². The first kappa shape index (κ1) is 22.0. The number of thiazole rings is 1. The molecule has 6 rings (SSSR count). The quantitative estimate of drug-likeness (QED) is 0.530. The van der Waals surface area contributed by atoms with Crippen LogP contribution in [0.4, 0.5) is 5.13 Å². The number of piperidine rings is 1. The molecule has 2 aromatic heterocycles. The number of fused-ring (bicyclic) bond motifs is 1. The van der Waals surface area contributed by atoms with Gasteiger partial charge in [0.1, 0.15) is 6.04 Å². The van der Waals surface area contributed by atoms with Crippen LogP contribution in [-0.2, 0) is 17.9 Å². The topological polar surface area (TPSA) is 61.4 Å². The summed E-state index contributed by atoms with van der Waals surface area (Å²) < 4.78 is 1.25. The maximum Gasteiger partial charge on any atom is 0.243 e. The predicted molar refractivity (Wildman–Crippen MR) is 137 cm³/mol. The molecule has 3 fully saturated rings. The highest BCUT2D eigenvalue weighted by Gasteiger charge is 2.35. The average molecular weight is 476 g/mol. The van der Waals surface area contributed by atoms with Gasteiger partial charge in [0.15, 0.2) is 10.8 Å². The number of pyridine rings is 1. The Bertz CT molecular complexity index is 1150. The van der Waals surface area contributed by atoms with Gasteiger partial charge in [-0.3, -0.25) is 9.69 Å². The summed E-state index contributed by atoms with van der Waals surface area (Å²) in [5.74, 6) is 0.754. The monoisotopic (exact) mass is 475 g/mol. The first-order chi connectivity index (χ1) is 16.8. The second kappa shape index (κ2) is 9.62. The Morgan fingerprint density at radius 3 is 2.65 bits per heavy atom. The number of hydrogen-bond acceptors (Lipinski definition) is 6. The summed E-state index contributed by atoms with van der Waals surface area (Å²) in [5, 5.41) is 4.10. The van der Waals surface area contributed by atoms with Crippen LogP contribution in [0.3, 0.4) is 0 Å². The average Bonchev–Trinajstić information content (AvgIpc) is 3.42. The van der Waals surface area contributed by atoms with Gasteiger partial charge in [0.25, 0.3) is 0 Å². The number of hydrogen-bond donors (Lipinski definition) is 1. The molecule has 2 aliphatic heterocycles. The van der Waals surface area contributed by atoms with Crippen molar-refractivity contribution in [3.05, 3.63) is 53.2 Å². The van der Waals surface area contributed by atoms with Crippen LogP contribution in [0.15, 0.2) is 36.5 Å². The molecular formula is C27H33N5OS. The normalized spacial score (nSPS) is 21.3. The maximum atomic E-state index is 13.1. The molecule has 3 aliphatic rings. The van der Waals surface area contributed by atoms with E-state index in [1.54, 1.807) is 11.3 Å². The minimum atomic E-state index is -0.151. The molecule has 1 aliphatic carbocycles. The van der Waals surface area contributed by atoms with Crippen molar-refractivity contribution in [1.82, 2.24) is 20.2 Å². The summed E-state index contributed by atoms with van der Waals surface area (Å²) in [4.78, 5) is 27.6. The van der Waals surface area contributed by atoms with Crippen molar-refractivity contribution in [2.24, 2.45) is 0 Å². The molecule has 7 heteroatoms. The number of carbonyl (C=O) groups excluding carboxylic acids is 1. The minimum absolute atomic E-state index is 0.0989. The fourth-order valence-corrected chi connectivity index (χ4v) is 6.76. The SMILES string of the molecule is O=C(NCc1ccccc1)C1CCCN1c1nc2ncc(CN3CCCCC3)c(C3CC3)c2s1. The van der Waals surface area contributed by atoms with Crippen LogP contribution in [0.2, 0.25) is 0 Å². The molecule has 3 aromatic rings.